The summed E-state index contributed by atoms with van der Waals surface area (Å²) in [5, 5.41) is 12.5. The predicted molar refractivity (Wildman–Crippen MR) is 72.0 cm³/mol. The first kappa shape index (κ1) is 12.6. The number of aliphatic hydroxyl groups excluding tert-OH is 1. The maximum Gasteiger partial charge on any atom is 0.123 e. The zero-order chi connectivity index (χ0) is 12.6. The maximum atomic E-state index is 9.27. The molecule has 0 fully saturated rings. The van der Waals surface area contributed by atoms with Gasteiger partial charge < -0.3 is 14.8 Å². The Morgan fingerprint density at radius 3 is 2.67 bits per heavy atom. The van der Waals surface area contributed by atoms with Crippen molar-refractivity contribution in [2.24, 2.45) is 0 Å². The van der Waals surface area contributed by atoms with Gasteiger partial charge in [0.1, 0.15) is 5.76 Å². The quantitative estimate of drug-likeness (QED) is 0.819. The van der Waals surface area contributed by atoms with Crippen LogP contribution in [0.4, 0.5) is 0 Å². The van der Waals surface area contributed by atoms with Crippen molar-refractivity contribution in [3.05, 3.63) is 66.1 Å². The van der Waals surface area contributed by atoms with Crippen LogP contribution in [-0.4, -0.2) is 18.3 Å². The number of hydrogen-bond acceptors (Lipinski definition) is 3. The maximum absolute atomic E-state index is 9.27. The molecule has 0 radical (unpaired) electrons. The van der Waals surface area contributed by atoms with Crippen LogP contribution in [0.2, 0.25) is 0 Å². The van der Waals surface area contributed by atoms with Crippen molar-refractivity contribution in [1.29, 1.82) is 0 Å². The Hall–Kier alpha value is -1.84. The zero-order valence-corrected chi connectivity index (χ0v) is 10.1. The van der Waals surface area contributed by atoms with Crippen LogP contribution in [0.15, 0.2) is 59.2 Å². The molecule has 94 valence electrons. The lowest BCUT2D eigenvalue weighted by Crippen LogP contribution is -2.23. The molecule has 1 aromatic carbocycles. The van der Waals surface area contributed by atoms with Crippen molar-refractivity contribution in [3.8, 4) is 0 Å². The minimum Gasteiger partial charge on any atom is -0.468 e. The Morgan fingerprint density at radius 1 is 1.17 bits per heavy atom. The Bertz CT molecular complexity index is 463. The molecule has 3 heteroatoms. The fourth-order valence-corrected chi connectivity index (χ4v) is 1.71. The standard InChI is InChI=1S/C15H17NO2/c17-12-14(15-9-5-11-18-15)16-10-4-8-13-6-2-1-3-7-13/h1-9,11,14,16-17H,10,12H2. The Balaban J connectivity index is 1.83. The van der Waals surface area contributed by atoms with Gasteiger partial charge in [-0.15, -0.1) is 0 Å². The third kappa shape index (κ3) is 3.58. The fourth-order valence-electron chi connectivity index (χ4n) is 1.71. The molecule has 3 nitrogen and oxygen atoms in total. The van der Waals surface area contributed by atoms with Gasteiger partial charge >= 0.3 is 0 Å². The van der Waals surface area contributed by atoms with E-state index in [9.17, 15) is 5.11 Å². The van der Waals surface area contributed by atoms with Crippen LogP contribution in [0.25, 0.3) is 6.08 Å². The third-order valence-corrected chi connectivity index (χ3v) is 2.66. The highest BCUT2D eigenvalue weighted by Gasteiger charge is 2.10. The van der Waals surface area contributed by atoms with Crippen LogP contribution >= 0.6 is 0 Å². The summed E-state index contributed by atoms with van der Waals surface area (Å²) < 4.78 is 5.26. The molecular weight excluding hydrogens is 226 g/mol. The monoisotopic (exact) mass is 243 g/mol. The molecular formula is C15H17NO2. The SMILES string of the molecule is OCC(NCC=Cc1ccccc1)c1ccco1. The topological polar surface area (TPSA) is 45.4 Å². The minimum absolute atomic E-state index is 0.0205. The smallest absolute Gasteiger partial charge is 0.123 e. The fraction of sp³-hybridized carbons (Fsp3) is 0.200. The highest BCUT2D eigenvalue weighted by Crippen LogP contribution is 2.12. The molecule has 1 unspecified atom stereocenters. The van der Waals surface area contributed by atoms with Gasteiger partial charge in [0, 0.05) is 6.54 Å². The summed E-state index contributed by atoms with van der Waals surface area (Å²) in [6.07, 6.45) is 5.68. The number of nitrogens with one attached hydrogen (secondary N) is 1. The Morgan fingerprint density at radius 2 is 2.00 bits per heavy atom. The zero-order valence-electron chi connectivity index (χ0n) is 10.1. The first-order valence-corrected chi connectivity index (χ1v) is 5.99. The molecule has 0 amide bonds. The van der Waals surface area contributed by atoms with Gasteiger partial charge in [-0.05, 0) is 17.7 Å². The van der Waals surface area contributed by atoms with Gasteiger partial charge in [0.25, 0.3) is 0 Å². The van der Waals surface area contributed by atoms with E-state index in [2.05, 4.69) is 5.32 Å². The van der Waals surface area contributed by atoms with Gasteiger partial charge in [-0.3, -0.25) is 0 Å². The van der Waals surface area contributed by atoms with Crippen LogP contribution in [0.5, 0.6) is 0 Å². The van der Waals surface area contributed by atoms with Crippen molar-refractivity contribution in [2.75, 3.05) is 13.2 Å². The van der Waals surface area contributed by atoms with Crippen molar-refractivity contribution < 1.29 is 9.52 Å². The summed E-state index contributed by atoms with van der Waals surface area (Å²) in [5.74, 6) is 0.755. The van der Waals surface area contributed by atoms with Crippen LogP contribution in [0, 0.1) is 0 Å². The Kier molecular flexibility index (Phi) is 4.76. The van der Waals surface area contributed by atoms with Gasteiger partial charge in [-0.25, -0.2) is 0 Å². The molecule has 2 N–H and O–H groups in total. The summed E-state index contributed by atoms with van der Waals surface area (Å²) >= 11 is 0. The molecule has 18 heavy (non-hydrogen) atoms. The van der Waals surface area contributed by atoms with Crippen LogP contribution in [0.1, 0.15) is 17.4 Å². The van der Waals surface area contributed by atoms with E-state index in [1.54, 1.807) is 6.26 Å². The van der Waals surface area contributed by atoms with Crippen LogP contribution in [0.3, 0.4) is 0 Å². The highest BCUT2D eigenvalue weighted by molar-refractivity contribution is 5.48. The number of furan rings is 1. The second-order valence-corrected chi connectivity index (χ2v) is 3.97. The molecule has 2 aromatic rings. The molecule has 0 aliphatic rings. The Labute approximate surface area is 107 Å². The summed E-state index contributed by atoms with van der Waals surface area (Å²) in [5.41, 5.74) is 1.16. The highest BCUT2D eigenvalue weighted by atomic mass is 16.3. The van der Waals surface area contributed by atoms with E-state index in [-0.39, 0.29) is 12.6 Å². The van der Waals surface area contributed by atoms with Gasteiger partial charge in [-0.2, -0.15) is 0 Å². The molecule has 1 atom stereocenters. The van der Waals surface area contributed by atoms with Crippen molar-refractivity contribution in [3.63, 3.8) is 0 Å². The average Bonchev–Trinajstić information content (AvgIpc) is 2.94. The lowest BCUT2D eigenvalue weighted by molar-refractivity contribution is 0.230. The number of hydrogen-bond donors (Lipinski definition) is 2. The third-order valence-electron chi connectivity index (χ3n) is 2.66. The largest absolute Gasteiger partial charge is 0.468 e. The normalized spacial score (nSPS) is 12.9. The predicted octanol–water partition coefficient (Wildman–Crippen LogP) is 2.62. The molecule has 1 aromatic heterocycles. The lowest BCUT2D eigenvalue weighted by atomic mass is 10.2. The number of benzene rings is 1. The lowest BCUT2D eigenvalue weighted by Gasteiger charge is -2.11. The minimum atomic E-state index is -0.152. The molecule has 0 aliphatic carbocycles. The second kappa shape index (κ2) is 6.79. The molecule has 0 spiro atoms. The van der Waals surface area contributed by atoms with E-state index < -0.39 is 0 Å². The van der Waals surface area contributed by atoms with Crippen molar-refractivity contribution >= 4 is 6.08 Å². The summed E-state index contributed by atoms with van der Waals surface area (Å²) in [6.45, 7) is 0.702. The van der Waals surface area contributed by atoms with Crippen LogP contribution < -0.4 is 5.32 Å². The first-order chi connectivity index (χ1) is 8.90. The average molecular weight is 243 g/mol. The molecule has 1 heterocycles. The molecule has 0 bridgehead atoms. The van der Waals surface area contributed by atoms with Gasteiger partial charge in [0.05, 0.1) is 18.9 Å². The number of aliphatic hydroxyl groups is 1. The van der Waals surface area contributed by atoms with E-state index >= 15 is 0 Å². The molecule has 0 saturated carbocycles. The van der Waals surface area contributed by atoms with Crippen molar-refractivity contribution in [2.45, 2.75) is 6.04 Å². The second-order valence-electron chi connectivity index (χ2n) is 3.97. The first-order valence-electron chi connectivity index (χ1n) is 5.99. The summed E-state index contributed by atoms with van der Waals surface area (Å²) in [6, 6.07) is 13.6. The number of rotatable bonds is 6. The van der Waals surface area contributed by atoms with Crippen molar-refractivity contribution in [1.82, 2.24) is 5.32 Å². The molecule has 0 aliphatic heterocycles. The van der Waals surface area contributed by atoms with Gasteiger partial charge in [0.2, 0.25) is 0 Å². The molecule has 2 rings (SSSR count). The van der Waals surface area contributed by atoms with E-state index in [0.717, 1.165) is 11.3 Å². The molecule has 0 saturated heterocycles. The summed E-state index contributed by atoms with van der Waals surface area (Å²) in [4.78, 5) is 0. The van der Waals surface area contributed by atoms with Crippen LogP contribution in [-0.2, 0) is 0 Å². The van der Waals surface area contributed by atoms with E-state index in [1.807, 2.05) is 54.6 Å². The van der Waals surface area contributed by atoms with E-state index in [4.69, 9.17) is 4.42 Å². The van der Waals surface area contributed by atoms with E-state index in [0.29, 0.717) is 6.54 Å². The van der Waals surface area contributed by atoms with E-state index in [1.165, 1.54) is 0 Å². The summed E-state index contributed by atoms with van der Waals surface area (Å²) in [7, 11) is 0. The van der Waals surface area contributed by atoms with Gasteiger partial charge in [-0.1, -0.05) is 42.5 Å². The van der Waals surface area contributed by atoms with Gasteiger partial charge in [0.15, 0.2) is 0 Å².